The molecule has 0 fully saturated rings. The molecule has 0 heterocycles. The number of rotatable bonds is 13. The smallest absolute Gasteiger partial charge is 0.192 e. The van der Waals surface area contributed by atoms with Crippen LogP contribution in [0.25, 0.3) is 0 Å². The lowest BCUT2D eigenvalue weighted by molar-refractivity contribution is -0.119. The number of unbranched alkanes of at least 4 members (excludes halogenated alkanes) is 1. The molecule has 29 heavy (non-hydrogen) atoms. The van der Waals surface area contributed by atoms with Crippen molar-refractivity contribution in [3.63, 3.8) is 0 Å². The van der Waals surface area contributed by atoms with Crippen molar-refractivity contribution in [3.8, 4) is 0 Å². The Morgan fingerprint density at radius 2 is 1.03 bits per heavy atom. The van der Waals surface area contributed by atoms with Gasteiger partial charge in [-0.05, 0) is 75.8 Å². The Kier molecular flexibility index (Phi) is 11.6. The summed E-state index contributed by atoms with van der Waals surface area (Å²) < 4.78 is 12.8. The van der Waals surface area contributed by atoms with Crippen LogP contribution >= 0.6 is 0 Å². The third kappa shape index (κ3) is 11.3. The van der Waals surface area contributed by atoms with Crippen molar-refractivity contribution in [2.45, 2.75) is 149 Å². The average molecular weight is 445 g/mol. The lowest BCUT2D eigenvalue weighted by atomic mass is 10.0. The van der Waals surface area contributed by atoms with Crippen LogP contribution in [0.1, 0.15) is 100 Å². The molecule has 174 valence electrons. The van der Waals surface area contributed by atoms with E-state index in [1.807, 2.05) is 0 Å². The number of ketones is 1. The highest BCUT2D eigenvalue weighted by molar-refractivity contribution is 6.74. The summed E-state index contributed by atoms with van der Waals surface area (Å²) in [5.74, 6) is 0.405. The third-order valence-electron chi connectivity index (χ3n) is 6.99. The van der Waals surface area contributed by atoms with Gasteiger partial charge >= 0.3 is 0 Å². The molecule has 0 aromatic carbocycles. The number of hydrogen-bond donors (Lipinski definition) is 0. The molecular weight excluding hydrogens is 392 g/mol. The molecule has 0 aromatic heterocycles. The highest BCUT2D eigenvalue weighted by atomic mass is 28.4. The van der Waals surface area contributed by atoms with Crippen LogP contribution in [0, 0.1) is 0 Å². The zero-order valence-electron chi connectivity index (χ0n) is 21.8. The van der Waals surface area contributed by atoms with E-state index in [1.54, 1.807) is 0 Å². The first-order valence-corrected chi connectivity index (χ1v) is 17.6. The molecular formula is C24H52O3Si2. The lowest BCUT2D eigenvalue weighted by Crippen LogP contribution is -2.43. The molecule has 0 aliphatic heterocycles. The molecule has 5 heteroatoms. The fourth-order valence-corrected chi connectivity index (χ4v) is 5.90. The fourth-order valence-electron chi connectivity index (χ4n) is 2.94. The van der Waals surface area contributed by atoms with Crippen LogP contribution in [0.5, 0.6) is 0 Å². The van der Waals surface area contributed by atoms with Crippen LogP contribution in [0.4, 0.5) is 0 Å². The molecule has 0 N–H and O–H groups in total. The second-order valence-electron chi connectivity index (χ2n) is 12.1. The van der Waals surface area contributed by atoms with Gasteiger partial charge in [-0.25, -0.2) is 0 Å². The van der Waals surface area contributed by atoms with E-state index in [4.69, 9.17) is 8.85 Å². The maximum atomic E-state index is 12.2. The highest BCUT2D eigenvalue weighted by Crippen LogP contribution is 2.38. The van der Waals surface area contributed by atoms with Gasteiger partial charge in [-0.3, -0.25) is 4.79 Å². The quantitative estimate of drug-likeness (QED) is 0.212. The lowest BCUT2D eigenvalue weighted by Gasteiger charge is -2.38. The Balaban J connectivity index is 4.01. The minimum absolute atomic E-state index is 0.239. The van der Waals surface area contributed by atoms with Gasteiger partial charge in [0.1, 0.15) is 5.78 Å². The van der Waals surface area contributed by atoms with Crippen LogP contribution in [0.2, 0.25) is 36.3 Å². The van der Waals surface area contributed by atoms with E-state index >= 15 is 0 Å². The Bertz CT molecular complexity index is 487. The maximum absolute atomic E-state index is 12.2. The molecule has 0 rings (SSSR count). The molecule has 0 amide bonds. The van der Waals surface area contributed by atoms with E-state index in [1.165, 1.54) is 0 Å². The predicted molar refractivity (Wildman–Crippen MR) is 133 cm³/mol. The second kappa shape index (κ2) is 11.6. The minimum atomic E-state index is -1.71. The maximum Gasteiger partial charge on any atom is 0.192 e. The summed E-state index contributed by atoms with van der Waals surface area (Å²) in [6.07, 6.45) is 6.99. The van der Waals surface area contributed by atoms with Crippen molar-refractivity contribution in [2.75, 3.05) is 0 Å². The van der Waals surface area contributed by atoms with Crippen LogP contribution in [-0.4, -0.2) is 34.6 Å². The first-order valence-electron chi connectivity index (χ1n) is 11.8. The zero-order valence-corrected chi connectivity index (χ0v) is 23.8. The molecule has 0 spiro atoms. The zero-order chi connectivity index (χ0) is 23.1. The van der Waals surface area contributed by atoms with Crippen molar-refractivity contribution >= 4 is 22.4 Å². The minimum Gasteiger partial charge on any atom is -0.414 e. The molecule has 0 aliphatic carbocycles. The summed E-state index contributed by atoms with van der Waals surface area (Å²) in [5, 5.41) is 0.491. The predicted octanol–water partition coefficient (Wildman–Crippen LogP) is 8.11. The largest absolute Gasteiger partial charge is 0.414 e. The summed E-state index contributed by atoms with van der Waals surface area (Å²) in [7, 11) is -3.39. The second-order valence-corrected chi connectivity index (χ2v) is 21.6. The van der Waals surface area contributed by atoms with Gasteiger partial charge in [-0.2, -0.15) is 0 Å². The standard InChI is InChI=1S/C24H52O3Si2/c1-20(26-28(9,10)23(3,4)5)16-13-14-18-22(25)19-15-17-21(2)27-29(11,12)24(6,7)8/h20-21H,13-19H2,1-12H3. The van der Waals surface area contributed by atoms with E-state index in [-0.39, 0.29) is 16.2 Å². The fraction of sp³-hybridized carbons (Fsp3) is 0.958. The molecule has 2 atom stereocenters. The van der Waals surface area contributed by atoms with Gasteiger partial charge in [-0.1, -0.05) is 48.0 Å². The van der Waals surface area contributed by atoms with Crippen molar-refractivity contribution in [3.05, 3.63) is 0 Å². The summed E-state index contributed by atoms with van der Waals surface area (Å²) in [5.41, 5.74) is 0. The number of carbonyl (C=O) groups excluding carboxylic acids is 1. The topological polar surface area (TPSA) is 35.5 Å². The number of Topliss-reactive ketones (excluding diaryl/α,β-unsaturated/α-hetero) is 1. The SMILES string of the molecule is CC(CCCCC(=O)CCCC(C)O[Si](C)(C)C(C)(C)C)O[Si](C)(C)C(C)(C)C. The molecule has 3 nitrogen and oxygen atoms in total. The normalized spacial score (nSPS) is 16.0. The summed E-state index contributed by atoms with van der Waals surface area (Å²) in [6, 6.07) is 0. The molecule has 0 saturated carbocycles. The van der Waals surface area contributed by atoms with Gasteiger partial charge < -0.3 is 8.85 Å². The highest BCUT2D eigenvalue weighted by Gasteiger charge is 2.39. The van der Waals surface area contributed by atoms with Crippen LogP contribution in [0.15, 0.2) is 0 Å². The van der Waals surface area contributed by atoms with Crippen molar-refractivity contribution in [1.82, 2.24) is 0 Å². The van der Waals surface area contributed by atoms with E-state index in [9.17, 15) is 4.79 Å². The number of carbonyl (C=O) groups is 1. The molecule has 0 saturated heterocycles. The van der Waals surface area contributed by atoms with Crippen molar-refractivity contribution < 1.29 is 13.6 Å². The first-order chi connectivity index (χ1) is 12.9. The Morgan fingerprint density at radius 1 is 0.690 bits per heavy atom. The Morgan fingerprint density at radius 3 is 1.41 bits per heavy atom. The van der Waals surface area contributed by atoms with Crippen LogP contribution in [0.3, 0.4) is 0 Å². The van der Waals surface area contributed by atoms with Crippen molar-refractivity contribution in [2.24, 2.45) is 0 Å². The third-order valence-corrected chi connectivity index (χ3v) is 16.2. The molecule has 2 unspecified atom stereocenters. The molecule has 0 aromatic rings. The van der Waals surface area contributed by atoms with E-state index < -0.39 is 16.6 Å². The van der Waals surface area contributed by atoms with E-state index in [2.05, 4.69) is 81.6 Å². The van der Waals surface area contributed by atoms with Gasteiger partial charge in [0.25, 0.3) is 0 Å². The van der Waals surface area contributed by atoms with E-state index in [0.29, 0.717) is 24.7 Å². The molecule has 0 radical (unpaired) electrons. The van der Waals surface area contributed by atoms with Crippen molar-refractivity contribution in [1.29, 1.82) is 0 Å². The average Bonchev–Trinajstić information content (AvgIpc) is 2.48. The number of hydrogen-bond acceptors (Lipinski definition) is 3. The Hall–Kier alpha value is 0.0238. The van der Waals surface area contributed by atoms with Crippen LogP contribution < -0.4 is 0 Å². The summed E-state index contributed by atoms with van der Waals surface area (Å²) in [6.45, 7) is 27.2. The van der Waals surface area contributed by atoms with Gasteiger partial charge in [0.15, 0.2) is 16.6 Å². The van der Waals surface area contributed by atoms with Gasteiger partial charge in [0.05, 0.1) is 0 Å². The molecule has 0 aliphatic rings. The van der Waals surface area contributed by atoms with Crippen LogP contribution in [-0.2, 0) is 13.6 Å². The monoisotopic (exact) mass is 444 g/mol. The summed E-state index contributed by atoms with van der Waals surface area (Å²) in [4.78, 5) is 12.2. The van der Waals surface area contributed by atoms with Gasteiger partial charge in [0, 0.05) is 25.0 Å². The van der Waals surface area contributed by atoms with Gasteiger partial charge in [-0.15, -0.1) is 0 Å². The molecule has 0 bridgehead atoms. The van der Waals surface area contributed by atoms with Gasteiger partial charge in [0.2, 0.25) is 0 Å². The first kappa shape index (κ1) is 29.0. The van der Waals surface area contributed by atoms with E-state index in [0.717, 1.165) is 32.1 Å². The summed E-state index contributed by atoms with van der Waals surface area (Å²) >= 11 is 0. The Labute approximate surface area is 185 Å².